The first kappa shape index (κ1) is 17.7. The maximum absolute atomic E-state index is 11.7. The molecule has 0 aromatic heterocycles. The van der Waals surface area contributed by atoms with Crippen LogP contribution in [0.4, 0.5) is 4.79 Å². The van der Waals surface area contributed by atoms with Crippen LogP contribution in [0.1, 0.15) is 20.3 Å². The molecule has 2 N–H and O–H groups in total. The summed E-state index contributed by atoms with van der Waals surface area (Å²) in [7, 11) is 3.07. The van der Waals surface area contributed by atoms with Crippen LogP contribution >= 0.6 is 0 Å². The lowest BCUT2D eigenvalue weighted by Crippen LogP contribution is -2.43. The Morgan fingerprint density at radius 1 is 1.37 bits per heavy atom. The number of ether oxygens (including phenoxy) is 2. The van der Waals surface area contributed by atoms with Gasteiger partial charge in [-0.25, -0.2) is 4.79 Å². The first-order valence-electron chi connectivity index (χ1n) is 6.22. The molecule has 112 valence electrons. The van der Waals surface area contributed by atoms with Gasteiger partial charge in [0.1, 0.15) is 0 Å². The number of hydrogen-bond acceptors (Lipinski definition) is 4. The van der Waals surface area contributed by atoms with Gasteiger partial charge in [0.25, 0.3) is 0 Å². The molecule has 0 rings (SSSR count). The van der Waals surface area contributed by atoms with E-state index in [1.807, 2.05) is 13.8 Å². The maximum atomic E-state index is 11.7. The molecule has 19 heavy (non-hydrogen) atoms. The Kier molecular flexibility index (Phi) is 8.90. The van der Waals surface area contributed by atoms with Crippen molar-refractivity contribution in [3.8, 4) is 0 Å². The second kappa shape index (κ2) is 9.57. The summed E-state index contributed by atoms with van der Waals surface area (Å²) in [6.07, 6.45) is -0.539. The topological polar surface area (TPSA) is 88.1 Å². The molecule has 2 amide bonds. The van der Waals surface area contributed by atoms with Gasteiger partial charge in [0.05, 0.1) is 25.2 Å². The van der Waals surface area contributed by atoms with E-state index < -0.39 is 12.1 Å². The average molecular weight is 276 g/mol. The largest absolute Gasteiger partial charge is 0.481 e. The number of rotatable bonds is 9. The van der Waals surface area contributed by atoms with Crippen molar-refractivity contribution in [2.45, 2.75) is 32.5 Å². The Balaban J connectivity index is 3.91. The van der Waals surface area contributed by atoms with Gasteiger partial charge < -0.3 is 24.8 Å². The second-order valence-corrected chi connectivity index (χ2v) is 4.48. The molecular formula is C12H24N2O5. The summed E-state index contributed by atoms with van der Waals surface area (Å²) in [6, 6.07) is -0.278. The van der Waals surface area contributed by atoms with Crippen LogP contribution in [0.3, 0.4) is 0 Å². The molecule has 0 saturated carbocycles. The van der Waals surface area contributed by atoms with E-state index in [1.165, 1.54) is 12.0 Å². The fourth-order valence-corrected chi connectivity index (χ4v) is 1.30. The summed E-state index contributed by atoms with van der Waals surface area (Å²) in [4.78, 5) is 23.7. The number of carbonyl (C=O) groups is 2. The van der Waals surface area contributed by atoms with Crippen LogP contribution < -0.4 is 5.32 Å². The number of carboxylic acid groups (broad SMARTS) is 1. The van der Waals surface area contributed by atoms with E-state index in [0.717, 1.165) is 0 Å². The van der Waals surface area contributed by atoms with E-state index in [4.69, 9.17) is 14.6 Å². The van der Waals surface area contributed by atoms with E-state index in [2.05, 4.69) is 5.32 Å². The number of likely N-dealkylation sites (N-methyl/N-ethyl adjacent to an activating group) is 1. The number of hydrogen-bond donors (Lipinski definition) is 2. The van der Waals surface area contributed by atoms with Gasteiger partial charge in [0.2, 0.25) is 0 Å². The van der Waals surface area contributed by atoms with Crippen molar-refractivity contribution in [2.75, 3.05) is 33.9 Å². The molecule has 0 heterocycles. The third kappa shape index (κ3) is 9.26. The van der Waals surface area contributed by atoms with E-state index in [1.54, 1.807) is 7.05 Å². The van der Waals surface area contributed by atoms with Crippen molar-refractivity contribution in [2.24, 2.45) is 0 Å². The summed E-state index contributed by atoms with van der Waals surface area (Å²) >= 11 is 0. The molecule has 1 atom stereocenters. The number of carbonyl (C=O) groups excluding carboxylic acids is 1. The second-order valence-electron chi connectivity index (χ2n) is 4.48. The van der Waals surface area contributed by atoms with E-state index >= 15 is 0 Å². The summed E-state index contributed by atoms with van der Waals surface area (Å²) in [6.45, 7) is 4.95. The van der Waals surface area contributed by atoms with Crippen molar-refractivity contribution in [3.63, 3.8) is 0 Å². The molecule has 0 spiro atoms. The van der Waals surface area contributed by atoms with E-state index in [-0.39, 0.29) is 25.1 Å². The van der Waals surface area contributed by atoms with Crippen molar-refractivity contribution < 1.29 is 24.2 Å². The quantitative estimate of drug-likeness (QED) is 0.642. The maximum Gasteiger partial charge on any atom is 0.317 e. The van der Waals surface area contributed by atoms with Gasteiger partial charge in [-0.3, -0.25) is 4.79 Å². The van der Waals surface area contributed by atoms with Crippen molar-refractivity contribution in [3.05, 3.63) is 0 Å². The minimum atomic E-state index is -0.959. The fourth-order valence-electron chi connectivity index (χ4n) is 1.30. The highest BCUT2D eigenvalue weighted by molar-refractivity contribution is 5.74. The van der Waals surface area contributed by atoms with Crippen LogP contribution in [-0.4, -0.2) is 68.1 Å². The number of amides is 2. The van der Waals surface area contributed by atoms with Gasteiger partial charge >= 0.3 is 12.0 Å². The summed E-state index contributed by atoms with van der Waals surface area (Å²) in [5, 5.41) is 11.3. The lowest BCUT2D eigenvalue weighted by atomic mass is 10.2. The molecule has 0 aliphatic carbocycles. The zero-order valence-corrected chi connectivity index (χ0v) is 12.0. The Labute approximate surface area is 113 Å². The summed E-state index contributed by atoms with van der Waals surface area (Å²) < 4.78 is 10.3. The molecule has 0 saturated heterocycles. The fraction of sp³-hybridized carbons (Fsp3) is 0.833. The molecule has 0 aromatic rings. The predicted molar refractivity (Wildman–Crippen MR) is 70.2 cm³/mol. The molecule has 0 bridgehead atoms. The van der Waals surface area contributed by atoms with Crippen LogP contribution in [0.2, 0.25) is 0 Å². The minimum absolute atomic E-state index is 0.130. The lowest BCUT2D eigenvalue weighted by Gasteiger charge is -2.20. The molecule has 0 radical (unpaired) electrons. The zero-order chi connectivity index (χ0) is 14.8. The highest BCUT2D eigenvalue weighted by Crippen LogP contribution is 1.96. The normalized spacial score (nSPS) is 12.3. The SMILES string of the molecule is COC(CNC(=O)N(C)CCOC(C)C)CC(=O)O. The van der Waals surface area contributed by atoms with Crippen LogP contribution in [0, 0.1) is 0 Å². The van der Waals surface area contributed by atoms with Crippen LogP contribution in [0.25, 0.3) is 0 Å². The minimum Gasteiger partial charge on any atom is -0.481 e. The Bertz CT molecular complexity index is 283. The smallest absolute Gasteiger partial charge is 0.317 e. The first-order chi connectivity index (χ1) is 8.86. The van der Waals surface area contributed by atoms with Crippen LogP contribution in [-0.2, 0) is 14.3 Å². The number of urea groups is 1. The van der Waals surface area contributed by atoms with Gasteiger partial charge in [0.15, 0.2) is 0 Å². The molecular weight excluding hydrogens is 252 g/mol. The first-order valence-corrected chi connectivity index (χ1v) is 6.22. The highest BCUT2D eigenvalue weighted by atomic mass is 16.5. The van der Waals surface area contributed by atoms with Gasteiger partial charge in [-0.15, -0.1) is 0 Å². The lowest BCUT2D eigenvalue weighted by molar-refractivity contribution is -0.139. The zero-order valence-electron chi connectivity index (χ0n) is 12.0. The van der Waals surface area contributed by atoms with Gasteiger partial charge in [-0.05, 0) is 13.8 Å². The molecule has 7 nitrogen and oxygen atoms in total. The number of methoxy groups -OCH3 is 1. The third-order valence-electron chi connectivity index (χ3n) is 2.44. The van der Waals surface area contributed by atoms with Crippen LogP contribution in [0.15, 0.2) is 0 Å². The highest BCUT2D eigenvalue weighted by Gasteiger charge is 2.15. The monoisotopic (exact) mass is 276 g/mol. The average Bonchev–Trinajstić information content (AvgIpc) is 2.32. The van der Waals surface area contributed by atoms with Crippen molar-refractivity contribution in [1.29, 1.82) is 0 Å². The Morgan fingerprint density at radius 2 is 2.00 bits per heavy atom. The predicted octanol–water partition coefficient (Wildman–Crippen LogP) is 0.543. The number of aliphatic carboxylic acids is 1. The molecule has 7 heteroatoms. The molecule has 0 aromatic carbocycles. The molecule has 0 aliphatic rings. The van der Waals surface area contributed by atoms with E-state index in [0.29, 0.717) is 13.2 Å². The van der Waals surface area contributed by atoms with Gasteiger partial charge in [-0.1, -0.05) is 0 Å². The molecule has 0 fully saturated rings. The number of nitrogens with one attached hydrogen (secondary N) is 1. The van der Waals surface area contributed by atoms with Gasteiger partial charge in [0, 0.05) is 27.2 Å². The Hall–Kier alpha value is -1.34. The van der Waals surface area contributed by atoms with Crippen molar-refractivity contribution >= 4 is 12.0 Å². The van der Waals surface area contributed by atoms with E-state index in [9.17, 15) is 9.59 Å². The van der Waals surface area contributed by atoms with Crippen molar-refractivity contribution in [1.82, 2.24) is 10.2 Å². The summed E-state index contributed by atoms with van der Waals surface area (Å²) in [5.41, 5.74) is 0. The molecule has 1 unspecified atom stereocenters. The number of nitrogens with zero attached hydrogens (tertiary/aromatic N) is 1. The number of carboxylic acids is 1. The summed E-state index contributed by atoms with van der Waals surface area (Å²) in [5.74, 6) is -0.959. The van der Waals surface area contributed by atoms with Crippen LogP contribution in [0.5, 0.6) is 0 Å². The standard InChI is InChI=1S/C12H24N2O5/c1-9(2)19-6-5-14(3)12(17)13-8-10(18-4)7-11(15)16/h9-10H,5-8H2,1-4H3,(H,13,17)(H,15,16). The molecule has 0 aliphatic heterocycles. The van der Waals surface area contributed by atoms with Gasteiger partial charge in [-0.2, -0.15) is 0 Å². The third-order valence-corrected chi connectivity index (χ3v) is 2.44. The Morgan fingerprint density at radius 3 is 2.47 bits per heavy atom.